The fourth-order valence-electron chi connectivity index (χ4n) is 2.09. The molecule has 0 radical (unpaired) electrons. The summed E-state index contributed by atoms with van der Waals surface area (Å²) in [5.74, 6) is 0.0514. The van der Waals surface area contributed by atoms with Gasteiger partial charge < -0.3 is 15.5 Å². The molecular weight excluding hydrogens is 330 g/mol. The number of likely N-dealkylation sites (N-methyl/N-ethyl adjacent to an activating group) is 1. The quantitative estimate of drug-likeness (QED) is 0.753. The highest BCUT2D eigenvalue weighted by Crippen LogP contribution is 2.27. The fraction of sp³-hybridized carbons (Fsp3) is 0.562. The van der Waals surface area contributed by atoms with Crippen LogP contribution in [0.2, 0.25) is 0 Å². The first kappa shape index (κ1) is 18.0. The van der Waals surface area contributed by atoms with Gasteiger partial charge in [-0.1, -0.05) is 13.0 Å². The molecule has 0 aliphatic rings. The second-order valence-corrected chi connectivity index (χ2v) is 6.16. The van der Waals surface area contributed by atoms with Crippen LogP contribution in [0.25, 0.3) is 0 Å². The minimum Gasteiger partial charge on any atom is -0.362 e. The number of rotatable bonds is 8. The number of benzene rings is 1. The Morgan fingerprint density at radius 3 is 2.57 bits per heavy atom. The predicted molar refractivity (Wildman–Crippen MR) is 92.7 cm³/mol. The normalized spacial score (nSPS) is 10.8. The standard InChI is InChI=1S/C16H26BrN3O/c1-5-18-10-13-7-8-15(14(17)9-13)20(6-2)11-16(21)19-12(3)4/h7-9,12,18H,5-6,10-11H2,1-4H3,(H,19,21). The number of carbonyl (C=O) groups is 1. The molecule has 0 spiro atoms. The summed E-state index contributed by atoms with van der Waals surface area (Å²) < 4.78 is 1.03. The van der Waals surface area contributed by atoms with Crippen LogP contribution in [0.5, 0.6) is 0 Å². The van der Waals surface area contributed by atoms with E-state index < -0.39 is 0 Å². The summed E-state index contributed by atoms with van der Waals surface area (Å²) >= 11 is 3.62. The van der Waals surface area contributed by atoms with Gasteiger partial charge in [0.2, 0.25) is 5.91 Å². The highest BCUT2D eigenvalue weighted by atomic mass is 79.9. The Kier molecular flexibility index (Phi) is 7.75. The van der Waals surface area contributed by atoms with Gasteiger partial charge in [0, 0.05) is 23.6 Å². The van der Waals surface area contributed by atoms with Crippen LogP contribution in [-0.4, -0.2) is 31.6 Å². The highest BCUT2D eigenvalue weighted by Gasteiger charge is 2.13. The summed E-state index contributed by atoms with van der Waals surface area (Å²) in [6.45, 7) is 11.1. The van der Waals surface area contributed by atoms with Crippen molar-refractivity contribution in [3.63, 3.8) is 0 Å². The second kappa shape index (κ2) is 9.05. The van der Waals surface area contributed by atoms with E-state index >= 15 is 0 Å². The molecule has 1 aromatic rings. The maximum Gasteiger partial charge on any atom is 0.239 e. The van der Waals surface area contributed by atoms with E-state index in [1.54, 1.807) is 0 Å². The summed E-state index contributed by atoms with van der Waals surface area (Å²) in [5, 5.41) is 6.24. The van der Waals surface area contributed by atoms with Crippen LogP contribution >= 0.6 is 15.9 Å². The molecule has 0 saturated heterocycles. The Bertz CT molecular complexity index is 463. The van der Waals surface area contributed by atoms with Gasteiger partial charge in [-0.05, 0) is 60.9 Å². The number of anilines is 1. The van der Waals surface area contributed by atoms with Crippen molar-refractivity contribution >= 4 is 27.5 Å². The van der Waals surface area contributed by atoms with Gasteiger partial charge in [0.05, 0.1) is 12.2 Å². The van der Waals surface area contributed by atoms with Gasteiger partial charge in [-0.3, -0.25) is 4.79 Å². The van der Waals surface area contributed by atoms with Crippen LogP contribution < -0.4 is 15.5 Å². The summed E-state index contributed by atoms with van der Waals surface area (Å²) in [4.78, 5) is 14.0. The van der Waals surface area contributed by atoms with Crippen molar-refractivity contribution in [2.24, 2.45) is 0 Å². The maximum absolute atomic E-state index is 11.9. The molecule has 4 nitrogen and oxygen atoms in total. The third-order valence-corrected chi connectivity index (χ3v) is 3.73. The number of hydrogen-bond acceptors (Lipinski definition) is 3. The van der Waals surface area contributed by atoms with E-state index in [4.69, 9.17) is 0 Å². The number of nitrogens with zero attached hydrogens (tertiary/aromatic N) is 1. The molecule has 0 heterocycles. The molecule has 118 valence electrons. The second-order valence-electron chi connectivity index (χ2n) is 5.30. The molecular formula is C16H26BrN3O. The van der Waals surface area contributed by atoms with Crippen LogP contribution in [0.15, 0.2) is 22.7 Å². The van der Waals surface area contributed by atoms with E-state index in [2.05, 4.69) is 63.5 Å². The van der Waals surface area contributed by atoms with Crippen molar-refractivity contribution in [3.8, 4) is 0 Å². The lowest BCUT2D eigenvalue weighted by atomic mass is 10.2. The van der Waals surface area contributed by atoms with Crippen molar-refractivity contribution < 1.29 is 4.79 Å². The lowest BCUT2D eigenvalue weighted by molar-refractivity contribution is -0.120. The van der Waals surface area contributed by atoms with E-state index in [-0.39, 0.29) is 11.9 Å². The van der Waals surface area contributed by atoms with Gasteiger partial charge in [-0.25, -0.2) is 0 Å². The van der Waals surface area contributed by atoms with Crippen molar-refractivity contribution in [1.29, 1.82) is 0 Å². The average molecular weight is 356 g/mol. The zero-order chi connectivity index (χ0) is 15.8. The van der Waals surface area contributed by atoms with Gasteiger partial charge in [-0.15, -0.1) is 0 Å². The molecule has 0 aromatic heterocycles. The molecule has 0 atom stereocenters. The van der Waals surface area contributed by atoms with Gasteiger partial charge in [0.15, 0.2) is 0 Å². The van der Waals surface area contributed by atoms with Crippen LogP contribution in [0.3, 0.4) is 0 Å². The molecule has 21 heavy (non-hydrogen) atoms. The third kappa shape index (κ3) is 6.06. The summed E-state index contributed by atoms with van der Waals surface area (Å²) in [5.41, 5.74) is 2.28. The first-order valence-electron chi connectivity index (χ1n) is 7.51. The smallest absolute Gasteiger partial charge is 0.239 e. The van der Waals surface area contributed by atoms with E-state index in [0.29, 0.717) is 6.54 Å². The van der Waals surface area contributed by atoms with Crippen LogP contribution in [0.1, 0.15) is 33.3 Å². The first-order chi connectivity index (χ1) is 9.97. The van der Waals surface area contributed by atoms with Crippen molar-refractivity contribution in [1.82, 2.24) is 10.6 Å². The van der Waals surface area contributed by atoms with E-state index in [1.807, 2.05) is 13.8 Å². The van der Waals surface area contributed by atoms with Gasteiger partial charge >= 0.3 is 0 Å². The molecule has 0 bridgehead atoms. The lowest BCUT2D eigenvalue weighted by Crippen LogP contribution is -2.40. The molecule has 0 aliphatic carbocycles. The van der Waals surface area contributed by atoms with Gasteiger partial charge in [-0.2, -0.15) is 0 Å². The predicted octanol–water partition coefficient (Wildman–Crippen LogP) is 2.91. The SMILES string of the molecule is CCNCc1ccc(N(CC)CC(=O)NC(C)C)c(Br)c1. The summed E-state index contributed by atoms with van der Waals surface area (Å²) in [6, 6.07) is 6.46. The lowest BCUT2D eigenvalue weighted by Gasteiger charge is -2.24. The zero-order valence-electron chi connectivity index (χ0n) is 13.4. The minimum absolute atomic E-state index is 0.0514. The molecule has 1 rings (SSSR count). The molecule has 5 heteroatoms. The molecule has 0 saturated carbocycles. The summed E-state index contributed by atoms with van der Waals surface area (Å²) in [6.07, 6.45) is 0. The average Bonchev–Trinajstić information content (AvgIpc) is 2.42. The van der Waals surface area contributed by atoms with Crippen molar-refractivity contribution in [2.45, 2.75) is 40.3 Å². The molecule has 2 N–H and O–H groups in total. The highest BCUT2D eigenvalue weighted by molar-refractivity contribution is 9.10. The Morgan fingerprint density at radius 2 is 2.05 bits per heavy atom. The topological polar surface area (TPSA) is 44.4 Å². The van der Waals surface area contributed by atoms with Crippen LogP contribution in [0.4, 0.5) is 5.69 Å². The number of halogens is 1. The largest absolute Gasteiger partial charge is 0.362 e. The number of hydrogen-bond donors (Lipinski definition) is 2. The summed E-state index contributed by atoms with van der Waals surface area (Å²) in [7, 11) is 0. The van der Waals surface area contributed by atoms with E-state index in [0.717, 1.165) is 29.8 Å². The zero-order valence-corrected chi connectivity index (χ0v) is 15.0. The number of nitrogens with one attached hydrogen (secondary N) is 2. The molecule has 0 unspecified atom stereocenters. The Morgan fingerprint density at radius 1 is 1.33 bits per heavy atom. The molecule has 1 aromatic carbocycles. The van der Waals surface area contributed by atoms with E-state index in [1.165, 1.54) is 5.56 Å². The third-order valence-electron chi connectivity index (χ3n) is 3.10. The first-order valence-corrected chi connectivity index (χ1v) is 8.30. The van der Waals surface area contributed by atoms with Crippen molar-refractivity contribution in [3.05, 3.63) is 28.2 Å². The van der Waals surface area contributed by atoms with Gasteiger partial charge in [0.25, 0.3) is 0 Å². The van der Waals surface area contributed by atoms with Crippen LogP contribution in [0, 0.1) is 0 Å². The van der Waals surface area contributed by atoms with Crippen LogP contribution in [-0.2, 0) is 11.3 Å². The number of carbonyl (C=O) groups excluding carboxylic acids is 1. The fourth-order valence-corrected chi connectivity index (χ4v) is 2.77. The maximum atomic E-state index is 11.9. The Balaban J connectivity index is 2.78. The molecule has 0 fully saturated rings. The van der Waals surface area contributed by atoms with Gasteiger partial charge in [0.1, 0.15) is 0 Å². The van der Waals surface area contributed by atoms with E-state index in [9.17, 15) is 4.79 Å². The molecule has 1 amide bonds. The Labute approximate surface area is 136 Å². The number of amides is 1. The monoisotopic (exact) mass is 355 g/mol. The molecule has 0 aliphatic heterocycles. The minimum atomic E-state index is 0.0514. The van der Waals surface area contributed by atoms with Crippen molar-refractivity contribution in [2.75, 3.05) is 24.5 Å². The Hall–Kier alpha value is -1.07.